The summed E-state index contributed by atoms with van der Waals surface area (Å²) in [6.07, 6.45) is 1.11. The summed E-state index contributed by atoms with van der Waals surface area (Å²) < 4.78 is 5.37. The number of anilines is 1. The summed E-state index contributed by atoms with van der Waals surface area (Å²) in [5, 5.41) is 12.1. The number of rotatable bonds is 5. The van der Waals surface area contributed by atoms with Crippen LogP contribution in [0.15, 0.2) is 24.3 Å². The average molecular weight is 236 g/mol. The van der Waals surface area contributed by atoms with Crippen LogP contribution in [0.25, 0.3) is 0 Å². The second kappa shape index (κ2) is 5.89. The van der Waals surface area contributed by atoms with Crippen LogP contribution in [0.5, 0.6) is 5.75 Å². The number of aliphatic hydroxyl groups excluding tert-OH is 1. The number of aliphatic hydroxyl groups is 1. The standard InChI is InChI=1S/C13H20N2O2/c1-17-13-5-3-2-4-12(13)15-8-6-11(10-15)14-7-9-16/h2-5,11,14,16H,6-10H2,1H3. The van der Waals surface area contributed by atoms with E-state index in [9.17, 15) is 0 Å². The maximum atomic E-state index is 8.80. The Labute approximate surface area is 102 Å². The van der Waals surface area contributed by atoms with E-state index in [1.54, 1.807) is 7.11 Å². The molecule has 4 nitrogen and oxygen atoms in total. The van der Waals surface area contributed by atoms with Gasteiger partial charge in [0, 0.05) is 25.7 Å². The number of hydrogen-bond acceptors (Lipinski definition) is 4. The van der Waals surface area contributed by atoms with E-state index in [4.69, 9.17) is 9.84 Å². The SMILES string of the molecule is COc1ccccc1N1CCC(NCCO)C1. The Hall–Kier alpha value is -1.26. The van der Waals surface area contributed by atoms with Crippen molar-refractivity contribution in [1.82, 2.24) is 5.32 Å². The number of nitrogens with zero attached hydrogens (tertiary/aromatic N) is 1. The van der Waals surface area contributed by atoms with Gasteiger partial charge in [0.25, 0.3) is 0 Å². The molecule has 0 saturated carbocycles. The number of hydrogen-bond donors (Lipinski definition) is 2. The fourth-order valence-corrected chi connectivity index (χ4v) is 2.31. The first-order valence-corrected chi connectivity index (χ1v) is 6.07. The maximum Gasteiger partial charge on any atom is 0.142 e. The largest absolute Gasteiger partial charge is 0.495 e. The van der Waals surface area contributed by atoms with E-state index in [2.05, 4.69) is 16.3 Å². The minimum Gasteiger partial charge on any atom is -0.495 e. The number of ether oxygens (including phenoxy) is 1. The molecule has 1 heterocycles. The highest BCUT2D eigenvalue weighted by molar-refractivity contribution is 5.59. The second-order valence-corrected chi connectivity index (χ2v) is 4.28. The molecule has 0 aliphatic carbocycles. The van der Waals surface area contributed by atoms with Crippen LogP contribution in [0.2, 0.25) is 0 Å². The van der Waals surface area contributed by atoms with Gasteiger partial charge in [0.1, 0.15) is 5.75 Å². The van der Waals surface area contributed by atoms with Gasteiger partial charge in [-0.2, -0.15) is 0 Å². The first-order valence-electron chi connectivity index (χ1n) is 6.07. The molecule has 0 spiro atoms. The molecule has 94 valence electrons. The minimum atomic E-state index is 0.200. The fourth-order valence-electron chi connectivity index (χ4n) is 2.31. The molecule has 4 heteroatoms. The van der Waals surface area contributed by atoms with Gasteiger partial charge in [-0.3, -0.25) is 0 Å². The Morgan fingerprint density at radius 1 is 1.47 bits per heavy atom. The van der Waals surface area contributed by atoms with Crippen molar-refractivity contribution in [3.63, 3.8) is 0 Å². The van der Waals surface area contributed by atoms with E-state index in [1.807, 2.05) is 18.2 Å². The molecule has 1 aromatic rings. The molecule has 1 saturated heterocycles. The zero-order valence-corrected chi connectivity index (χ0v) is 10.2. The quantitative estimate of drug-likeness (QED) is 0.796. The first kappa shape index (κ1) is 12.2. The van der Waals surface area contributed by atoms with Crippen LogP contribution in [-0.2, 0) is 0 Å². The molecule has 17 heavy (non-hydrogen) atoms. The van der Waals surface area contributed by atoms with Gasteiger partial charge in [-0.25, -0.2) is 0 Å². The summed E-state index contributed by atoms with van der Waals surface area (Å²) >= 11 is 0. The fraction of sp³-hybridized carbons (Fsp3) is 0.538. The van der Waals surface area contributed by atoms with Crippen molar-refractivity contribution in [2.24, 2.45) is 0 Å². The van der Waals surface area contributed by atoms with Gasteiger partial charge < -0.3 is 20.1 Å². The molecule has 0 amide bonds. The predicted octanol–water partition coefficient (Wildman–Crippen LogP) is 0.856. The minimum absolute atomic E-state index is 0.200. The summed E-state index contributed by atoms with van der Waals surface area (Å²) in [5.74, 6) is 0.926. The highest BCUT2D eigenvalue weighted by Crippen LogP contribution is 2.30. The Morgan fingerprint density at radius 3 is 3.06 bits per heavy atom. The molecule has 1 aromatic carbocycles. The number of para-hydroxylation sites is 2. The van der Waals surface area contributed by atoms with Gasteiger partial charge >= 0.3 is 0 Å². The van der Waals surface area contributed by atoms with E-state index in [0.717, 1.165) is 30.9 Å². The van der Waals surface area contributed by atoms with Crippen molar-refractivity contribution < 1.29 is 9.84 Å². The Morgan fingerprint density at radius 2 is 2.29 bits per heavy atom. The lowest BCUT2D eigenvalue weighted by Gasteiger charge is -2.21. The Balaban J connectivity index is 1.99. The van der Waals surface area contributed by atoms with Crippen LogP contribution >= 0.6 is 0 Å². The van der Waals surface area contributed by atoms with E-state index < -0.39 is 0 Å². The zero-order chi connectivity index (χ0) is 12.1. The van der Waals surface area contributed by atoms with Crippen molar-refractivity contribution in [2.45, 2.75) is 12.5 Å². The van der Waals surface area contributed by atoms with Crippen LogP contribution in [0.4, 0.5) is 5.69 Å². The molecule has 0 radical (unpaired) electrons. The van der Waals surface area contributed by atoms with E-state index in [1.165, 1.54) is 0 Å². The molecule has 2 rings (SSSR count). The molecule has 1 fully saturated rings. The molecule has 1 unspecified atom stereocenters. The summed E-state index contributed by atoms with van der Waals surface area (Å²) in [6, 6.07) is 8.57. The molecular formula is C13H20N2O2. The molecule has 0 bridgehead atoms. The van der Waals surface area contributed by atoms with Crippen LogP contribution in [0.1, 0.15) is 6.42 Å². The molecule has 1 atom stereocenters. The summed E-state index contributed by atoms with van der Waals surface area (Å²) in [4.78, 5) is 2.33. The van der Waals surface area contributed by atoms with Gasteiger partial charge in [-0.15, -0.1) is 0 Å². The third-order valence-corrected chi connectivity index (χ3v) is 3.16. The van der Waals surface area contributed by atoms with Crippen molar-refractivity contribution in [3.05, 3.63) is 24.3 Å². The summed E-state index contributed by atoms with van der Waals surface area (Å²) in [5.41, 5.74) is 1.16. The van der Waals surface area contributed by atoms with Crippen LogP contribution in [-0.4, -0.2) is 44.5 Å². The number of benzene rings is 1. The topological polar surface area (TPSA) is 44.7 Å². The highest BCUT2D eigenvalue weighted by Gasteiger charge is 2.23. The van der Waals surface area contributed by atoms with Gasteiger partial charge in [-0.05, 0) is 18.6 Å². The monoisotopic (exact) mass is 236 g/mol. The Kier molecular flexibility index (Phi) is 4.23. The van der Waals surface area contributed by atoms with E-state index >= 15 is 0 Å². The predicted molar refractivity (Wildman–Crippen MR) is 68.7 cm³/mol. The van der Waals surface area contributed by atoms with Crippen molar-refractivity contribution >= 4 is 5.69 Å². The molecule has 1 aliphatic heterocycles. The van der Waals surface area contributed by atoms with Crippen LogP contribution in [0, 0.1) is 0 Å². The normalized spacial score (nSPS) is 19.6. The van der Waals surface area contributed by atoms with Gasteiger partial charge in [0.2, 0.25) is 0 Å². The van der Waals surface area contributed by atoms with E-state index in [0.29, 0.717) is 12.6 Å². The molecule has 2 N–H and O–H groups in total. The van der Waals surface area contributed by atoms with E-state index in [-0.39, 0.29) is 6.61 Å². The highest BCUT2D eigenvalue weighted by atomic mass is 16.5. The smallest absolute Gasteiger partial charge is 0.142 e. The van der Waals surface area contributed by atoms with Crippen molar-refractivity contribution in [2.75, 3.05) is 38.3 Å². The second-order valence-electron chi connectivity index (χ2n) is 4.28. The molecule has 0 aromatic heterocycles. The lowest BCUT2D eigenvalue weighted by atomic mass is 10.2. The third kappa shape index (κ3) is 2.90. The number of methoxy groups -OCH3 is 1. The zero-order valence-electron chi connectivity index (χ0n) is 10.2. The lowest BCUT2D eigenvalue weighted by molar-refractivity contribution is 0.286. The van der Waals surface area contributed by atoms with Crippen LogP contribution in [0.3, 0.4) is 0 Å². The van der Waals surface area contributed by atoms with Gasteiger partial charge in [-0.1, -0.05) is 12.1 Å². The van der Waals surface area contributed by atoms with Gasteiger partial charge in [0.05, 0.1) is 19.4 Å². The molecular weight excluding hydrogens is 216 g/mol. The molecule has 1 aliphatic rings. The maximum absolute atomic E-state index is 8.80. The average Bonchev–Trinajstić information content (AvgIpc) is 2.85. The van der Waals surface area contributed by atoms with Crippen molar-refractivity contribution in [1.29, 1.82) is 0 Å². The van der Waals surface area contributed by atoms with Crippen molar-refractivity contribution in [3.8, 4) is 5.75 Å². The summed E-state index contributed by atoms with van der Waals surface area (Å²) in [6.45, 7) is 2.87. The first-order chi connectivity index (χ1) is 8.35. The summed E-state index contributed by atoms with van der Waals surface area (Å²) in [7, 11) is 1.70. The third-order valence-electron chi connectivity index (χ3n) is 3.16. The van der Waals surface area contributed by atoms with Gasteiger partial charge in [0.15, 0.2) is 0 Å². The number of nitrogens with one attached hydrogen (secondary N) is 1. The lowest BCUT2D eigenvalue weighted by Crippen LogP contribution is -2.34. The Bertz CT molecular complexity index is 357. The van der Waals surface area contributed by atoms with Crippen LogP contribution < -0.4 is 15.0 Å².